The monoisotopic (exact) mass is 186 g/mol. The number of rotatable bonds is 2. The van der Waals surface area contributed by atoms with Crippen LogP contribution in [0.15, 0.2) is 24.3 Å². The molecule has 1 aromatic rings. The Bertz CT molecular complexity index is 305. The van der Waals surface area contributed by atoms with Crippen molar-refractivity contribution in [2.24, 2.45) is 5.50 Å². The van der Waals surface area contributed by atoms with Crippen molar-refractivity contribution in [3.8, 4) is 0 Å². The summed E-state index contributed by atoms with van der Waals surface area (Å²) in [6.07, 6.45) is 0. The predicted octanol–water partition coefficient (Wildman–Crippen LogP) is 0.108. The van der Waals surface area contributed by atoms with Gasteiger partial charge in [-0.3, -0.25) is 10.1 Å². The van der Waals surface area contributed by atoms with Crippen molar-refractivity contribution < 1.29 is 9.46 Å². The molecule has 0 saturated heterocycles. The normalized spacial score (nSPS) is 15.2. The quantitative estimate of drug-likeness (QED) is 0.449. The van der Waals surface area contributed by atoms with Gasteiger partial charge in [-0.05, 0) is 24.3 Å². The van der Waals surface area contributed by atoms with Gasteiger partial charge < -0.3 is 15.7 Å². The molecule has 0 saturated carbocycles. The molecule has 5 N–H and O–H groups in total. The average Bonchev–Trinajstić information content (AvgIpc) is 1.91. The van der Waals surface area contributed by atoms with E-state index in [1.165, 1.54) is 12.1 Å². The molecular weight excluding hydrogens is 177 g/mol. The van der Waals surface area contributed by atoms with Gasteiger partial charge in [0.05, 0.1) is 0 Å². The Morgan fingerprint density at radius 1 is 1.33 bits per heavy atom. The molecule has 1 aromatic carbocycles. The van der Waals surface area contributed by atoms with Crippen LogP contribution >= 0.6 is 7.67 Å². The molecule has 0 aliphatic heterocycles. The van der Waals surface area contributed by atoms with Gasteiger partial charge >= 0.3 is 0 Å². The lowest BCUT2D eigenvalue weighted by Gasteiger charge is -2.19. The summed E-state index contributed by atoms with van der Waals surface area (Å²) in [5, 5.41) is 2.13. The zero-order valence-corrected chi connectivity index (χ0v) is 7.12. The summed E-state index contributed by atoms with van der Waals surface area (Å²) in [7, 11) is -3.94. The SMILES string of the molecule is Nc1ccc(NP(N)(=O)[O-])cc1. The fourth-order valence-corrected chi connectivity index (χ4v) is 1.25. The van der Waals surface area contributed by atoms with Crippen LogP contribution in [0.2, 0.25) is 0 Å². The zero-order valence-electron chi connectivity index (χ0n) is 6.23. The molecule has 1 rings (SSSR count). The van der Waals surface area contributed by atoms with Crippen LogP contribution in [0.1, 0.15) is 0 Å². The van der Waals surface area contributed by atoms with Crippen molar-refractivity contribution in [2.45, 2.75) is 0 Å². The number of nitrogens with two attached hydrogens (primary N) is 2. The molecule has 5 nitrogen and oxygen atoms in total. The molecule has 1 unspecified atom stereocenters. The van der Waals surface area contributed by atoms with Gasteiger partial charge in [0.15, 0.2) is 7.67 Å². The fraction of sp³-hybridized carbons (Fsp3) is 0. The van der Waals surface area contributed by atoms with Gasteiger partial charge in [0.25, 0.3) is 0 Å². The molecule has 0 aliphatic rings. The fourth-order valence-electron chi connectivity index (χ4n) is 0.738. The molecular formula is C6H9N3O2P-. The Balaban J connectivity index is 2.78. The highest BCUT2D eigenvalue weighted by molar-refractivity contribution is 7.55. The molecule has 0 amide bonds. The molecule has 0 aliphatic carbocycles. The molecule has 0 radical (unpaired) electrons. The number of nitrogens with one attached hydrogen (secondary N) is 1. The van der Waals surface area contributed by atoms with E-state index in [-0.39, 0.29) is 0 Å². The molecule has 0 bridgehead atoms. The lowest BCUT2D eigenvalue weighted by Crippen LogP contribution is -2.16. The van der Waals surface area contributed by atoms with Crippen molar-refractivity contribution in [2.75, 3.05) is 10.8 Å². The first kappa shape index (κ1) is 9.06. The molecule has 0 spiro atoms. The van der Waals surface area contributed by atoms with Gasteiger partial charge in [0.1, 0.15) is 0 Å². The second-order valence-corrected chi connectivity index (χ2v) is 3.75. The van der Waals surface area contributed by atoms with Gasteiger partial charge in [0.2, 0.25) is 0 Å². The Morgan fingerprint density at radius 3 is 2.25 bits per heavy atom. The molecule has 12 heavy (non-hydrogen) atoms. The van der Waals surface area contributed by atoms with E-state index in [1.54, 1.807) is 12.1 Å². The lowest BCUT2D eigenvalue weighted by atomic mass is 10.3. The summed E-state index contributed by atoms with van der Waals surface area (Å²) >= 11 is 0. The summed E-state index contributed by atoms with van der Waals surface area (Å²) in [6.45, 7) is 0. The summed E-state index contributed by atoms with van der Waals surface area (Å²) in [5.74, 6) is 0. The zero-order chi connectivity index (χ0) is 9.19. The molecule has 1 atom stereocenters. The van der Waals surface area contributed by atoms with Crippen LogP contribution in [0.25, 0.3) is 0 Å². The lowest BCUT2D eigenvalue weighted by molar-refractivity contribution is -0.173. The highest BCUT2D eigenvalue weighted by Crippen LogP contribution is 2.26. The Hall–Kier alpha value is -1.03. The highest BCUT2D eigenvalue weighted by atomic mass is 31.2. The molecule has 0 aromatic heterocycles. The van der Waals surface area contributed by atoms with E-state index in [1.807, 2.05) is 0 Å². The molecule has 6 heteroatoms. The number of hydrogen-bond acceptors (Lipinski definition) is 3. The number of hydrogen-bond donors (Lipinski definition) is 3. The Kier molecular flexibility index (Phi) is 2.38. The topological polar surface area (TPSA) is 104 Å². The minimum absolute atomic E-state index is 0.407. The predicted molar refractivity (Wildman–Crippen MR) is 46.3 cm³/mol. The maximum atomic E-state index is 10.5. The number of anilines is 2. The van der Waals surface area contributed by atoms with E-state index in [9.17, 15) is 9.46 Å². The van der Waals surface area contributed by atoms with Gasteiger partial charge in [-0.25, -0.2) is 0 Å². The number of nitrogen functional groups attached to an aromatic ring is 1. The first-order chi connectivity index (χ1) is 5.47. The van der Waals surface area contributed by atoms with Crippen molar-refractivity contribution in [1.29, 1.82) is 0 Å². The van der Waals surface area contributed by atoms with Crippen molar-refractivity contribution in [3.05, 3.63) is 24.3 Å². The van der Waals surface area contributed by atoms with E-state index in [4.69, 9.17) is 11.2 Å². The van der Waals surface area contributed by atoms with Crippen LogP contribution in [0.3, 0.4) is 0 Å². The third kappa shape index (κ3) is 2.92. The van der Waals surface area contributed by atoms with Crippen LogP contribution in [0.4, 0.5) is 11.4 Å². The van der Waals surface area contributed by atoms with Crippen LogP contribution in [0.5, 0.6) is 0 Å². The van der Waals surface area contributed by atoms with Crippen LogP contribution < -0.4 is 21.2 Å². The molecule has 0 fully saturated rings. The highest BCUT2D eigenvalue weighted by Gasteiger charge is 1.98. The van der Waals surface area contributed by atoms with Crippen LogP contribution in [-0.2, 0) is 4.57 Å². The minimum atomic E-state index is -3.94. The van der Waals surface area contributed by atoms with Gasteiger partial charge in [0, 0.05) is 11.4 Å². The second kappa shape index (κ2) is 3.15. The molecule has 0 heterocycles. The van der Waals surface area contributed by atoms with Gasteiger partial charge in [-0.1, -0.05) is 0 Å². The second-order valence-electron chi connectivity index (χ2n) is 2.33. The maximum Gasteiger partial charge on any atom is 0.165 e. The van der Waals surface area contributed by atoms with E-state index in [0.717, 1.165) is 0 Å². The van der Waals surface area contributed by atoms with Gasteiger partial charge in [-0.2, -0.15) is 0 Å². The van der Waals surface area contributed by atoms with Gasteiger partial charge in [-0.15, -0.1) is 0 Å². The largest absolute Gasteiger partial charge is 0.772 e. The smallest absolute Gasteiger partial charge is 0.165 e. The summed E-state index contributed by atoms with van der Waals surface area (Å²) in [6, 6.07) is 6.23. The van der Waals surface area contributed by atoms with E-state index >= 15 is 0 Å². The first-order valence-corrected chi connectivity index (χ1v) is 4.90. The summed E-state index contributed by atoms with van der Waals surface area (Å²) in [4.78, 5) is 10.5. The van der Waals surface area contributed by atoms with E-state index < -0.39 is 7.67 Å². The van der Waals surface area contributed by atoms with Crippen molar-refractivity contribution in [1.82, 2.24) is 0 Å². The average molecular weight is 186 g/mol. The third-order valence-corrected chi connectivity index (χ3v) is 1.77. The van der Waals surface area contributed by atoms with E-state index in [2.05, 4.69) is 5.09 Å². The third-order valence-electron chi connectivity index (χ3n) is 1.20. The van der Waals surface area contributed by atoms with Crippen molar-refractivity contribution in [3.63, 3.8) is 0 Å². The maximum absolute atomic E-state index is 10.5. The number of benzene rings is 1. The van der Waals surface area contributed by atoms with E-state index in [0.29, 0.717) is 11.4 Å². The Morgan fingerprint density at radius 2 is 1.83 bits per heavy atom. The standard InChI is InChI=1S/C6H10N3O2P/c7-5-1-3-6(4-2-5)9-12(8,10)11/h1-4H,7H2,(H4,8,9,10,11)/p-1. The summed E-state index contributed by atoms with van der Waals surface area (Å²) in [5.41, 5.74) is 11.1. The van der Waals surface area contributed by atoms with Crippen LogP contribution in [0, 0.1) is 0 Å². The first-order valence-electron chi connectivity index (χ1n) is 3.21. The summed E-state index contributed by atoms with van der Waals surface area (Å²) < 4.78 is 10.5. The Labute approximate surface area is 69.9 Å². The molecule has 66 valence electrons. The minimum Gasteiger partial charge on any atom is -0.772 e. The van der Waals surface area contributed by atoms with Crippen LogP contribution in [-0.4, -0.2) is 0 Å². The van der Waals surface area contributed by atoms with Crippen molar-refractivity contribution >= 4 is 19.0 Å².